The molecule has 1 amide bonds. The van der Waals surface area contributed by atoms with Crippen LogP contribution < -0.4 is 5.01 Å². The van der Waals surface area contributed by atoms with Gasteiger partial charge in [0.05, 0.1) is 28.3 Å². The highest BCUT2D eigenvalue weighted by Gasteiger charge is 2.33. The van der Waals surface area contributed by atoms with Crippen molar-refractivity contribution in [2.45, 2.75) is 6.92 Å². The molecule has 1 aromatic carbocycles. The number of benzene rings is 1. The number of hydrogen-bond donors (Lipinski definition) is 0. The molecular formula is C19H18N6O. The van der Waals surface area contributed by atoms with E-state index in [1.165, 1.54) is 5.01 Å². The van der Waals surface area contributed by atoms with Gasteiger partial charge in [-0.3, -0.25) is 14.2 Å². The first-order valence-corrected chi connectivity index (χ1v) is 8.24. The zero-order valence-electron chi connectivity index (χ0n) is 14.8. The molecule has 0 unspecified atom stereocenters. The molecule has 4 rings (SSSR count). The highest BCUT2D eigenvalue weighted by atomic mass is 16.2. The molecule has 26 heavy (non-hydrogen) atoms. The average Bonchev–Trinajstić information content (AvgIpc) is 3.28. The maximum absolute atomic E-state index is 13.1. The topological polar surface area (TPSA) is 68.3 Å². The predicted molar refractivity (Wildman–Crippen MR) is 99.6 cm³/mol. The van der Waals surface area contributed by atoms with Crippen molar-refractivity contribution in [2.24, 2.45) is 19.2 Å². The Morgan fingerprint density at radius 2 is 1.81 bits per heavy atom. The van der Waals surface area contributed by atoms with Crippen LogP contribution in [0.2, 0.25) is 0 Å². The van der Waals surface area contributed by atoms with E-state index in [4.69, 9.17) is 0 Å². The van der Waals surface area contributed by atoms with E-state index in [2.05, 4.69) is 15.3 Å². The van der Waals surface area contributed by atoms with Gasteiger partial charge in [-0.2, -0.15) is 20.3 Å². The number of rotatable bonds is 3. The molecule has 0 aliphatic carbocycles. The van der Waals surface area contributed by atoms with E-state index in [9.17, 15) is 4.79 Å². The van der Waals surface area contributed by atoms with Crippen LogP contribution in [-0.2, 0) is 18.9 Å². The van der Waals surface area contributed by atoms with Crippen LogP contribution in [0, 0.1) is 6.92 Å². The van der Waals surface area contributed by atoms with Crippen LogP contribution in [-0.4, -0.2) is 31.2 Å². The molecular weight excluding hydrogens is 328 g/mol. The number of carbonyl (C=O) groups excluding carboxylic acids is 1. The van der Waals surface area contributed by atoms with E-state index in [1.54, 1.807) is 15.6 Å². The lowest BCUT2D eigenvalue weighted by molar-refractivity contribution is -0.114. The lowest BCUT2D eigenvalue weighted by Crippen LogP contribution is -2.21. The van der Waals surface area contributed by atoms with Gasteiger partial charge >= 0.3 is 0 Å². The molecule has 1 aliphatic heterocycles. The van der Waals surface area contributed by atoms with E-state index in [-0.39, 0.29) is 5.91 Å². The summed E-state index contributed by atoms with van der Waals surface area (Å²) in [5.41, 5.74) is 4.33. The first-order valence-electron chi connectivity index (χ1n) is 8.24. The van der Waals surface area contributed by atoms with Crippen LogP contribution >= 0.6 is 0 Å². The summed E-state index contributed by atoms with van der Waals surface area (Å²) in [5, 5.41) is 14.6. The van der Waals surface area contributed by atoms with Crippen LogP contribution in [0.1, 0.15) is 17.1 Å². The fourth-order valence-corrected chi connectivity index (χ4v) is 2.98. The molecule has 0 saturated heterocycles. The second kappa shape index (κ2) is 6.11. The molecule has 3 aromatic rings. The average molecular weight is 346 g/mol. The van der Waals surface area contributed by atoms with Gasteiger partial charge in [0.25, 0.3) is 5.91 Å². The fourth-order valence-electron chi connectivity index (χ4n) is 2.98. The van der Waals surface area contributed by atoms with E-state index >= 15 is 0 Å². The van der Waals surface area contributed by atoms with E-state index in [1.807, 2.05) is 69.6 Å². The maximum atomic E-state index is 13.1. The zero-order valence-corrected chi connectivity index (χ0v) is 14.8. The molecule has 2 aromatic heterocycles. The molecule has 0 spiro atoms. The SMILES string of the molecule is Cc1cc(C2=NN(c3ccccc3)C(=O)/C2=C/c2ccnn2C)n(C)n1. The number of aromatic nitrogens is 4. The van der Waals surface area contributed by atoms with Gasteiger partial charge in [-0.05, 0) is 37.3 Å². The summed E-state index contributed by atoms with van der Waals surface area (Å²) in [6.07, 6.45) is 3.52. The molecule has 130 valence electrons. The quantitative estimate of drug-likeness (QED) is 0.683. The van der Waals surface area contributed by atoms with E-state index in [0.717, 1.165) is 22.8 Å². The minimum atomic E-state index is -0.175. The Bertz CT molecular complexity index is 1040. The van der Waals surface area contributed by atoms with Gasteiger partial charge in [0.1, 0.15) is 5.71 Å². The highest BCUT2D eigenvalue weighted by Crippen LogP contribution is 2.27. The second-order valence-electron chi connectivity index (χ2n) is 6.13. The van der Waals surface area contributed by atoms with Crippen molar-refractivity contribution in [1.82, 2.24) is 19.6 Å². The third-order valence-corrected chi connectivity index (χ3v) is 4.27. The maximum Gasteiger partial charge on any atom is 0.281 e. The Balaban J connectivity index is 1.87. The van der Waals surface area contributed by atoms with E-state index in [0.29, 0.717) is 11.3 Å². The van der Waals surface area contributed by atoms with Crippen LogP contribution in [0.3, 0.4) is 0 Å². The lowest BCUT2D eigenvalue weighted by Gasteiger charge is -2.10. The van der Waals surface area contributed by atoms with Crippen molar-refractivity contribution >= 4 is 23.4 Å². The smallest absolute Gasteiger partial charge is 0.269 e. The summed E-state index contributed by atoms with van der Waals surface area (Å²) in [4.78, 5) is 13.1. The van der Waals surface area contributed by atoms with Gasteiger partial charge in [0.15, 0.2) is 0 Å². The normalized spacial score (nSPS) is 15.8. The predicted octanol–water partition coefficient (Wildman–Crippen LogP) is 2.30. The minimum absolute atomic E-state index is 0.175. The van der Waals surface area contributed by atoms with Crippen molar-refractivity contribution in [3.8, 4) is 0 Å². The molecule has 0 atom stereocenters. The Hall–Kier alpha value is -3.48. The second-order valence-corrected chi connectivity index (χ2v) is 6.13. The molecule has 0 N–H and O–H groups in total. The monoisotopic (exact) mass is 346 g/mol. The Labute approximate surface area is 150 Å². The summed E-state index contributed by atoms with van der Waals surface area (Å²) in [7, 11) is 3.69. The number of amides is 1. The van der Waals surface area contributed by atoms with Crippen LogP contribution in [0.25, 0.3) is 6.08 Å². The molecule has 1 aliphatic rings. The number of carbonyl (C=O) groups is 1. The largest absolute Gasteiger partial charge is 0.281 e. The zero-order chi connectivity index (χ0) is 18.3. The third kappa shape index (κ3) is 2.63. The molecule has 3 heterocycles. The van der Waals surface area contributed by atoms with Crippen molar-refractivity contribution < 1.29 is 4.79 Å². The van der Waals surface area contributed by atoms with Crippen LogP contribution in [0.4, 0.5) is 5.69 Å². The van der Waals surface area contributed by atoms with Crippen LogP contribution in [0.5, 0.6) is 0 Å². The first kappa shape index (κ1) is 16.0. The van der Waals surface area contributed by atoms with Crippen molar-refractivity contribution in [3.05, 3.63) is 71.3 Å². The number of hydrogen-bond acceptors (Lipinski definition) is 4. The van der Waals surface area contributed by atoms with Crippen molar-refractivity contribution in [3.63, 3.8) is 0 Å². The molecule has 7 heteroatoms. The van der Waals surface area contributed by atoms with Gasteiger partial charge in [-0.1, -0.05) is 18.2 Å². The summed E-state index contributed by atoms with van der Waals surface area (Å²) in [6, 6.07) is 13.2. The number of para-hydroxylation sites is 1. The fraction of sp³-hybridized carbons (Fsp3) is 0.158. The first-order chi connectivity index (χ1) is 12.5. The summed E-state index contributed by atoms with van der Waals surface area (Å²) in [6.45, 7) is 1.92. The molecule has 0 radical (unpaired) electrons. The molecule has 7 nitrogen and oxygen atoms in total. The van der Waals surface area contributed by atoms with Gasteiger partial charge < -0.3 is 0 Å². The lowest BCUT2D eigenvalue weighted by atomic mass is 10.1. The van der Waals surface area contributed by atoms with Crippen molar-refractivity contribution in [1.29, 1.82) is 0 Å². The minimum Gasteiger partial charge on any atom is -0.269 e. The van der Waals surface area contributed by atoms with Crippen LogP contribution in [0.15, 0.2) is 59.3 Å². The molecule has 0 saturated carbocycles. The number of anilines is 1. The summed E-state index contributed by atoms with van der Waals surface area (Å²) in [5.74, 6) is -0.175. The Morgan fingerprint density at radius 1 is 1.04 bits per heavy atom. The summed E-state index contributed by atoms with van der Waals surface area (Å²) >= 11 is 0. The van der Waals surface area contributed by atoms with Gasteiger partial charge in [0.2, 0.25) is 0 Å². The Morgan fingerprint density at radius 3 is 2.42 bits per heavy atom. The van der Waals surface area contributed by atoms with Gasteiger partial charge in [-0.15, -0.1) is 0 Å². The number of aryl methyl sites for hydroxylation is 3. The van der Waals surface area contributed by atoms with Gasteiger partial charge in [-0.25, -0.2) is 0 Å². The van der Waals surface area contributed by atoms with Gasteiger partial charge in [0, 0.05) is 20.3 Å². The molecule has 0 fully saturated rings. The van der Waals surface area contributed by atoms with Crippen molar-refractivity contribution in [2.75, 3.05) is 5.01 Å². The van der Waals surface area contributed by atoms with E-state index < -0.39 is 0 Å². The summed E-state index contributed by atoms with van der Waals surface area (Å²) < 4.78 is 3.46. The highest BCUT2D eigenvalue weighted by molar-refractivity contribution is 6.37. The number of nitrogens with zero attached hydrogens (tertiary/aromatic N) is 6. The third-order valence-electron chi connectivity index (χ3n) is 4.27. The standard InChI is InChI=1S/C19H18N6O/c1-13-11-17(24(3)21-13)18-16(12-15-9-10-20-23(15)2)19(26)25(22-18)14-7-5-4-6-8-14/h4-12H,1-3H3/b16-12+. The molecule has 0 bridgehead atoms. The number of hydrazone groups is 1. The Kier molecular flexibility index (Phi) is 3.76.